The summed E-state index contributed by atoms with van der Waals surface area (Å²) in [6, 6.07) is 13.2. The van der Waals surface area contributed by atoms with Crippen molar-refractivity contribution < 1.29 is 18.4 Å². The van der Waals surface area contributed by atoms with Crippen LogP contribution in [-0.2, 0) is 0 Å². The van der Waals surface area contributed by atoms with Crippen molar-refractivity contribution in [1.82, 2.24) is 0 Å². The number of benzene rings is 2. The number of ether oxygens (including phenoxy) is 1. The van der Waals surface area contributed by atoms with Gasteiger partial charge in [0, 0.05) is 10.6 Å². The average Bonchev–Trinajstić information content (AvgIpc) is 3.13. The SMILES string of the molecule is Cc1cc2oc(-c3ccc(Cl)cc3)c(OC(=O)c3ccc(Br)o3)c(=O)c2cc1C. The number of hydrogen-bond donors (Lipinski definition) is 0. The van der Waals surface area contributed by atoms with Crippen LogP contribution in [0.3, 0.4) is 0 Å². The maximum Gasteiger partial charge on any atom is 0.379 e. The van der Waals surface area contributed by atoms with Crippen molar-refractivity contribution in [3.05, 3.63) is 85.3 Å². The molecule has 0 aliphatic rings. The Morgan fingerprint density at radius 1 is 1.00 bits per heavy atom. The molecule has 0 amide bonds. The molecule has 0 spiro atoms. The fourth-order valence-electron chi connectivity index (χ4n) is 2.88. The Morgan fingerprint density at radius 3 is 2.34 bits per heavy atom. The van der Waals surface area contributed by atoms with Crippen LogP contribution in [0.4, 0.5) is 0 Å². The highest BCUT2D eigenvalue weighted by atomic mass is 79.9. The van der Waals surface area contributed by atoms with E-state index in [1.165, 1.54) is 6.07 Å². The van der Waals surface area contributed by atoms with Gasteiger partial charge in [0.25, 0.3) is 0 Å². The molecule has 0 saturated heterocycles. The van der Waals surface area contributed by atoms with E-state index in [-0.39, 0.29) is 17.3 Å². The van der Waals surface area contributed by atoms with Gasteiger partial charge >= 0.3 is 5.97 Å². The molecule has 0 aliphatic carbocycles. The number of halogens is 2. The molecule has 2 heterocycles. The van der Waals surface area contributed by atoms with Crippen LogP contribution in [-0.4, -0.2) is 5.97 Å². The van der Waals surface area contributed by atoms with E-state index in [0.29, 0.717) is 26.2 Å². The van der Waals surface area contributed by atoms with E-state index < -0.39 is 11.4 Å². The van der Waals surface area contributed by atoms with Crippen molar-refractivity contribution in [1.29, 1.82) is 0 Å². The van der Waals surface area contributed by atoms with Gasteiger partial charge in [-0.1, -0.05) is 11.6 Å². The van der Waals surface area contributed by atoms with E-state index in [1.54, 1.807) is 42.5 Å². The maximum absolute atomic E-state index is 13.2. The van der Waals surface area contributed by atoms with E-state index in [4.69, 9.17) is 25.2 Å². The summed E-state index contributed by atoms with van der Waals surface area (Å²) >= 11 is 9.11. The van der Waals surface area contributed by atoms with Crippen molar-refractivity contribution in [2.45, 2.75) is 13.8 Å². The summed E-state index contributed by atoms with van der Waals surface area (Å²) in [5.41, 5.74) is 2.42. The monoisotopic (exact) mass is 472 g/mol. The maximum atomic E-state index is 13.2. The number of esters is 1. The number of carbonyl (C=O) groups excluding carboxylic acids is 1. The topological polar surface area (TPSA) is 69.7 Å². The largest absolute Gasteiger partial charge is 0.452 e. The first-order chi connectivity index (χ1) is 13.8. The fraction of sp³-hybridized carbons (Fsp3) is 0.0909. The Balaban J connectivity index is 1.94. The smallest absolute Gasteiger partial charge is 0.379 e. The zero-order valence-corrected chi connectivity index (χ0v) is 17.8. The molecule has 146 valence electrons. The minimum Gasteiger partial charge on any atom is -0.452 e. The third kappa shape index (κ3) is 3.73. The Labute approximate surface area is 179 Å². The van der Waals surface area contributed by atoms with Gasteiger partial charge in [-0.2, -0.15) is 0 Å². The summed E-state index contributed by atoms with van der Waals surface area (Å²) in [7, 11) is 0. The highest BCUT2D eigenvalue weighted by molar-refractivity contribution is 9.10. The highest BCUT2D eigenvalue weighted by Gasteiger charge is 2.23. The fourth-order valence-corrected chi connectivity index (χ4v) is 3.32. The molecule has 0 radical (unpaired) electrons. The van der Waals surface area contributed by atoms with Crippen molar-refractivity contribution in [2.75, 3.05) is 0 Å². The van der Waals surface area contributed by atoms with Crippen LogP contribution in [0.5, 0.6) is 5.75 Å². The summed E-state index contributed by atoms with van der Waals surface area (Å²) in [5.74, 6) is -0.915. The molecule has 2 aromatic carbocycles. The quantitative estimate of drug-likeness (QED) is 0.326. The number of furan rings is 1. The van der Waals surface area contributed by atoms with Gasteiger partial charge in [0.15, 0.2) is 10.4 Å². The molecule has 7 heteroatoms. The average molecular weight is 474 g/mol. The van der Waals surface area contributed by atoms with Crippen LogP contribution < -0.4 is 10.2 Å². The molecular weight excluding hydrogens is 460 g/mol. The van der Waals surface area contributed by atoms with Gasteiger partial charge in [-0.15, -0.1) is 0 Å². The minimum atomic E-state index is -0.804. The standard InChI is InChI=1S/C22H14BrClO5/c1-11-9-15-17(10-12(11)2)28-20(13-3-5-14(24)6-4-13)21(19(15)25)29-22(26)16-7-8-18(23)27-16/h3-10H,1-2H3. The van der Waals surface area contributed by atoms with E-state index in [9.17, 15) is 9.59 Å². The summed E-state index contributed by atoms with van der Waals surface area (Å²) < 4.78 is 17.1. The van der Waals surface area contributed by atoms with Crippen molar-refractivity contribution >= 4 is 44.5 Å². The van der Waals surface area contributed by atoms with Crippen LogP contribution in [0.15, 0.2) is 66.8 Å². The Bertz CT molecular complexity index is 1300. The van der Waals surface area contributed by atoms with E-state index in [2.05, 4.69) is 15.9 Å². The van der Waals surface area contributed by atoms with Gasteiger partial charge < -0.3 is 13.6 Å². The summed E-state index contributed by atoms with van der Waals surface area (Å²) in [5, 5.41) is 0.858. The van der Waals surface area contributed by atoms with Gasteiger partial charge in [0.05, 0.1) is 5.39 Å². The van der Waals surface area contributed by atoms with Crippen LogP contribution in [0.1, 0.15) is 21.7 Å². The van der Waals surface area contributed by atoms with E-state index in [1.807, 2.05) is 13.8 Å². The third-order valence-corrected chi connectivity index (χ3v) is 5.22. The minimum absolute atomic E-state index is 0.0430. The van der Waals surface area contributed by atoms with Gasteiger partial charge in [-0.3, -0.25) is 4.79 Å². The second-order valence-corrected chi connectivity index (χ2v) is 7.74. The first-order valence-corrected chi connectivity index (χ1v) is 9.82. The number of rotatable bonds is 3. The molecule has 5 nitrogen and oxygen atoms in total. The van der Waals surface area contributed by atoms with Crippen LogP contribution in [0.2, 0.25) is 5.02 Å². The number of fused-ring (bicyclic) bond motifs is 1. The molecule has 0 saturated carbocycles. The number of aryl methyl sites for hydroxylation is 2. The van der Waals surface area contributed by atoms with Crippen LogP contribution in [0, 0.1) is 13.8 Å². The lowest BCUT2D eigenvalue weighted by Gasteiger charge is -2.11. The lowest BCUT2D eigenvalue weighted by molar-refractivity contribution is 0.0696. The van der Waals surface area contributed by atoms with Crippen LogP contribution >= 0.6 is 27.5 Å². The predicted octanol–water partition coefficient (Wildman–Crippen LogP) is 6.30. The first kappa shape index (κ1) is 19.5. The molecule has 4 rings (SSSR count). The van der Waals surface area contributed by atoms with Crippen molar-refractivity contribution in [3.8, 4) is 17.1 Å². The van der Waals surface area contributed by atoms with Gasteiger partial charge in [0.1, 0.15) is 5.58 Å². The first-order valence-electron chi connectivity index (χ1n) is 8.65. The second kappa shape index (κ2) is 7.54. The van der Waals surface area contributed by atoms with Gasteiger partial charge in [-0.05, 0) is 89.4 Å². The summed E-state index contributed by atoms with van der Waals surface area (Å²) in [6.07, 6.45) is 0. The molecule has 29 heavy (non-hydrogen) atoms. The molecular formula is C22H14BrClO5. The lowest BCUT2D eigenvalue weighted by Crippen LogP contribution is -2.16. The lowest BCUT2D eigenvalue weighted by atomic mass is 10.0. The van der Waals surface area contributed by atoms with Gasteiger partial charge in [0.2, 0.25) is 16.9 Å². The zero-order valence-electron chi connectivity index (χ0n) is 15.4. The zero-order chi connectivity index (χ0) is 20.7. The van der Waals surface area contributed by atoms with E-state index in [0.717, 1.165) is 11.1 Å². The number of carbonyl (C=O) groups is 1. The second-order valence-electron chi connectivity index (χ2n) is 6.52. The molecule has 4 aromatic rings. The Morgan fingerprint density at radius 2 is 1.69 bits per heavy atom. The Kier molecular flexibility index (Phi) is 5.06. The highest BCUT2D eigenvalue weighted by Crippen LogP contribution is 2.33. The Hall–Kier alpha value is -2.83. The normalized spacial score (nSPS) is 11.0. The molecule has 0 atom stereocenters. The van der Waals surface area contributed by atoms with Gasteiger partial charge in [-0.25, -0.2) is 4.79 Å². The van der Waals surface area contributed by atoms with Crippen LogP contribution in [0.25, 0.3) is 22.3 Å². The third-order valence-electron chi connectivity index (χ3n) is 4.54. The van der Waals surface area contributed by atoms with Crippen molar-refractivity contribution in [3.63, 3.8) is 0 Å². The molecule has 0 aliphatic heterocycles. The summed E-state index contributed by atoms with van der Waals surface area (Å²) in [4.78, 5) is 25.8. The van der Waals surface area contributed by atoms with Crippen molar-refractivity contribution in [2.24, 2.45) is 0 Å². The molecule has 0 unspecified atom stereocenters. The number of hydrogen-bond acceptors (Lipinski definition) is 5. The molecule has 0 fully saturated rings. The summed E-state index contributed by atoms with van der Waals surface area (Å²) in [6.45, 7) is 3.83. The van der Waals surface area contributed by atoms with E-state index >= 15 is 0 Å². The predicted molar refractivity (Wildman–Crippen MR) is 114 cm³/mol. The molecule has 2 aromatic heterocycles. The molecule has 0 bridgehead atoms. The molecule has 0 N–H and O–H groups in total.